The third-order valence-electron chi connectivity index (χ3n) is 3.97. The van der Waals surface area contributed by atoms with E-state index in [1.165, 1.54) is 19.0 Å². The van der Waals surface area contributed by atoms with Gasteiger partial charge < -0.3 is 10.4 Å². The van der Waals surface area contributed by atoms with Crippen LogP contribution < -0.4 is 5.32 Å². The summed E-state index contributed by atoms with van der Waals surface area (Å²) in [6, 6.07) is 0.586. The van der Waals surface area contributed by atoms with Gasteiger partial charge in [0.2, 0.25) is 0 Å². The first-order chi connectivity index (χ1) is 8.79. The van der Waals surface area contributed by atoms with Crippen molar-refractivity contribution in [2.75, 3.05) is 25.9 Å². The fourth-order valence-corrected chi connectivity index (χ4v) is 3.88. The lowest BCUT2D eigenvalue weighted by molar-refractivity contribution is 0.0542. The van der Waals surface area contributed by atoms with Gasteiger partial charge in [-0.25, -0.2) is 0 Å². The molecule has 4 heteroatoms. The Morgan fingerprint density at radius 1 is 1.11 bits per heavy atom. The fraction of sp³-hybridized carbons (Fsp3) is 1.00. The molecule has 2 N–H and O–H groups in total. The van der Waals surface area contributed by atoms with Gasteiger partial charge in [0, 0.05) is 23.7 Å². The van der Waals surface area contributed by atoms with E-state index in [0.29, 0.717) is 6.04 Å². The molecule has 1 saturated heterocycles. The first kappa shape index (κ1) is 17.4. The fourth-order valence-electron chi connectivity index (χ4n) is 3.59. The van der Waals surface area contributed by atoms with Crippen molar-refractivity contribution in [2.24, 2.45) is 0 Å². The zero-order chi connectivity index (χ0) is 14.5. The Morgan fingerprint density at radius 3 is 2.16 bits per heavy atom. The predicted molar refractivity (Wildman–Crippen MR) is 86.8 cm³/mol. The maximum absolute atomic E-state index is 9.32. The summed E-state index contributed by atoms with van der Waals surface area (Å²) in [6.07, 6.45) is 5.99. The highest BCUT2D eigenvalue weighted by molar-refractivity contribution is 7.16. The van der Waals surface area contributed by atoms with E-state index in [2.05, 4.69) is 47.2 Å². The topological polar surface area (TPSA) is 35.5 Å². The standard InChI is InChI=1S/C15H33N2OP/c1-14(2)11-13(12-15(3,4)16-14)17(8-9-18)7-5-6-10-19/h13,16,18H,5-12,19H2,1-4H3. The van der Waals surface area contributed by atoms with E-state index in [1.54, 1.807) is 0 Å². The molecular formula is C15H33N2OP. The Labute approximate surface area is 121 Å². The molecule has 0 aromatic heterocycles. The molecule has 1 atom stereocenters. The van der Waals surface area contributed by atoms with Crippen molar-refractivity contribution < 1.29 is 5.11 Å². The van der Waals surface area contributed by atoms with Crippen molar-refractivity contribution in [3.05, 3.63) is 0 Å². The third kappa shape index (κ3) is 6.08. The second kappa shape index (κ2) is 7.36. The van der Waals surface area contributed by atoms with Gasteiger partial charge in [-0.3, -0.25) is 4.90 Å². The van der Waals surface area contributed by atoms with Crippen molar-refractivity contribution in [3.8, 4) is 0 Å². The number of nitrogens with one attached hydrogen (secondary N) is 1. The lowest BCUT2D eigenvalue weighted by Gasteiger charge is -2.49. The average molecular weight is 288 g/mol. The van der Waals surface area contributed by atoms with Gasteiger partial charge in [0.25, 0.3) is 0 Å². The molecule has 0 amide bonds. The van der Waals surface area contributed by atoms with Crippen LogP contribution in [0.15, 0.2) is 0 Å². The average Bonchev–Trinajstić information content (AvgIpc) is 2.24. The van der Waals surface area contributed by atoms with Gasteiger partial charge in [-0.15, -0.1) is 9.24 Å². The van der Waals surface area contributed by atoms with Gasteiger partial charge >= 0.3 is 0 Å². The van der Waals surface area contributed by atoms with Crippen molar-refractivity contribution in [2.45, 2.75) is 70.5 Å². The quantitative estimate of drug-likeness (QED) is 0.557. The molecule has 114 valence electrons. The number of hydrogen-bond acceptors (Lipinski definition) is 3. The van der Waals surface area contributed by atoms with E-state index in [4.69, 9.17) is 0 Å². The van der Waals surface area contributed by atoms with E-state index < -0.39 is 0 Å². The van der Waals surface area contributed by atoms with Crippen LogP contribution in [0.1, 0.15) is 53.4 Å². The van der Waals surface area contributed by atoms with Crippen molar-refractivity contribution in [1.82, 2.24) is 10.2 Å². The molecule has 0 radical (unpaired) electrons. The van der Waals surface area contributed by atoms with Crippen molar-refractivity contribution in [1.29, 1.82) is 0 Å². The van der Waals surface area contributed by atoms with Gasteiger partial charge in [0.1, 0.15) is 0 Å². The molecule has 1 aliphatic rings. The number of hydrogen-bond donors (Lipinski definition) is 2. The molecule has 1 heterocycles. The summed E-state index contributed by atoms with van der Waals surface area (Å²) in [5, 5.41) is 13.1. The number of unbranched alkanes of at least 4 members (excludes halogenated alkanes) is 1. The summed E-state index contributed by atoms with van der Waals surface area (Å²) in [7, 11) is 2.80. The second-order valence-electron chi connectivity index (χ2n) is 7.21. The van der Waals surface area contributed by atoms with E-state index >= 15 is 0 Å². The van der Waals surface area contributed by atoms with Crippen molar-refractivity contribution in [3.63, 3.8) is 0 Å². The van der Waals surface area contributed by atoms with Gasteiger partial charge in [-0.05, 0) is 66.1 Å². The van der Waals surface area contributed by atoms with Crippen LogP contribution in [0, 0.1) is 0 Å². The van der Waals surface area contributed by atoms with Gasteiger partial charge in [0.05, 0.1) is 6.61 Å². The van der Waals surface area contributed by atoms with Gasteiger partial charge in [-0.2, -0.15) is 0 Å². The summed E-state index contributed by atoms with van der Waals surface area (Å²) in [4.78, 5) is 2.50. The minimum absolute atomic E-state index is 0.181. The van der Waals surface area contributed by atoms with Gasteiger partial charge in [-0.1, -0.05) is 0 Å². The molecule has 1 aliphatic heterocycles. The molecule has 0 saturated carbocycles. The van der Waals surface area contributed by atoms with E-state index in [1.807, 2.05) is 0 Å². The Balaban J connectivity index is 2.65. The molecule has 19 heavy (non-hydrogen) atoms. The molecular weight excluding hydrogens is 255 g/mol. The Morgan fingerprint density at radius 2 is 1.68 bits per heavy atom. The molecule has 0 bridgehead atoms. The first-order valence-electron chi connectivity index (χ1n) is 7.64. The summed E-state index contributed by atoms with van der Waals surface area (Å²) >= 11 is 0. The number of nitrogens with zero attached hydrogens (tertiary/aromatic N) is 1. The zero-order valence-corrected chi connectivity index (χ0v) is 14.4. The lowest BCUT2D eigenvalue weighted by Crippen LogP contribution is -2.62. The van der Waals surface area contributed by atoms with Crippen LogP contribution in [0.5, 0.6) is 0 Å². The molecule has 0 spiro atoms. The highest BCUT2D eigenvalue weighted by atomic mass is 31.0. The molecule has 1 unspecified atom stereocenters. The maximum atomic E-state index is 9.32. The number of rotatable bonds is 7. The lowest BCUT2D eigenvalue weighted by atomic mass is 9.79. The summed E-state index contributed by atoms with van der Waals surface area (Å²) in [5.74, 6) is 0. The predicted octanol–water partition coefficient (Wildman–Crippen LogP) is 2.25. The normalized spacial score (nSPS) is 22.9. The molecule has 3 nitrogen and oxygen atoms in total. The first-order valence-corrected chi connectivity index (χ1v) is 8.46. The van der Waals surface area contributed by atoms with Crippen LogP contribution >= 0.6 is 9.24 Å². The monoisotopic (exact) mass is 288 g/mol. The molecule has 0 aromatic rings. The summed E-state index contributed by atoms with van der Waals surface area (Å²) < 4.78 is 0. The summed E-state index contributed by atoms with van der Waals surface area (Å²) in [6.45, 7) is 11.4. The smallest absolute Gasteiger partial charge is 0.0558 e. The van der Waals surface area contributed by atoms with Crippen LogP contribution in [-0.2, 0) is 0 Å². The largest absolute Gasteiger partial charge is 0.395 e. The minimum Gasteiger partial charge on any atom is -0.395 e. The van der Waals surface area contributed by atoms with Gasteiger partial charge in [0.15, 0.2) is 0 Å². The van der Waals surface area contributed by atoms with Crippen LogP contribution in [0.4, 0.5) is 0 Å². The highest BCUT2D eigenvalue weighted by Crippen LogP contribution is 2.31. The Bertz CT molecular complexity index is 253. The van der Waals surface area contributed by atoms with Crippen LogP contribution in [0.3, 0.4) is 0 Å². The Kier molecular flexibility index (Phi) is 6.72. The summed E-state index contributed by atoms with van der Waals surface area (Å²) in [5.41, 5.74) is 0.363. The molecule has 1 rings (SSSR count). The maximum Gasteiger partial charge on any atom is 0.0558 e. The minimum atomic E-state index is 0.181. The van der Waals surface area contributed by atoms with Crippen molar-refractivity contribution >= 4 is 9.24 Å². The highest BCUT2D eigenvalue weighted by Gasteiger charge is 2.39. The molecule has 1 fully saturated rings. The molecule has 0 aromatic carbocycles. The second-order valence-corrected chi connectivity index (χ2v) is 7.79. The van der Waals surface area contributed by atoms with E-state index in [0.717, 1.165) is 25.9 Å². The number of aliphatic hydroxyl groups is 1. The van der Waals surface area contributed by atoms with E-state index in [-0.39, 0.29) is 17.7 Å². The van der Waals surface area contributed by atoms with Crippen LogP contribution in [-0.4, -0.2) is 53.0 Å². The SMILES string of the molecule is CC1(C)CC(N(CCO)CCCCP)CC(C)(C)N1. The van der Waals surface area contributed by atoms with Crippen LogP contribution in [0.25, 0.3) is 0 Å². The number of piperidine rings is 1. The zero-order valence-electron chi connectivity index (χ0n) is 13.2. The third-order valence-corrected chi connectivity index (χ3v) is 4.38. The number of aliphatic hydroxyl groups excluding tert-OH is 1. The van der Waals surface area contributed by atoms with Crippen LogP contribution in [0.2, 0.25) is 0 Å². The van der Waals surface area contributed by atoms with E-state index in [9.17, 15) is 5.11 Å². The molecule has 0 aliphatic carbocycles. The Hall–Kier alpha value is 0.310.